The molecule has 2 fully saturated rings. The minimum absolute atomic E-state index is 0.237. The molecule has 2 rings (SSSR count). The average molecular weight is 252 g/mol. The summed E-state index contributed by atoms with van der Waals surface area (Å²) >= 11 is 0. The van der Waals surface area contributed by atoms with Gasteiger partial charge in [-0.05, 0) is 38.3 Å². The van der Waals surface area contributed by atoms with Gasteiger partial charge in [-0.15, -0.1) is 0 Å². The maximum absolute atomic E-state index is 12.4. The molecule has 1 heterocycles. The third-order valence-corrected chi connectivity index (χ3v) is 4.67. The smallest absolute Gasteiger partial charge is 0.225 e. The van der Waals surface area contributed by atoms with E-state index in [0.29, 0.717) is 11.8 Å². The summed E-state index contributed by atoms with van der Waals surface area (Å²) in [7, 11) is 1.99. The molecule has 0 radical (unpaired) electrons. The summed E-state index contributed by atoms with van der Waals surface area (Å²) in [6.07, 6.45) is 7.73. The van der Waals surface area contributed by atoms with E-state index in [1.54, 1.807) is 0 Å². The highest BCUT2D eigenvalue weighted by molar-refractivity contribution is 5.78. The predicted molar refractivity (Wildman–Crippen MR) is 74.4 cm³/mol. The zero-order valence-electron chi connectivity index (χ0n) is 12.0. The summed E-state index contributed by atoms with van der Waals surface area (Å²) in [6.45, 7) is 5.11. The van der Waals surface area contributed by atoms with Gasteiger partial charge in [-0.1, -0.05) is 32.6 Å². The number of amides is 1. The highest BCUT2D eigenvalue weighted by Gasteiger charge is 2.30. The molecule has 3 nitrogen and oxygen atoms in total. The number of rotatable bonds is 5. The van der Waals surface area contributed by atoms with Crippen molar-refractivity contribution < 1.29 is 4.79 Å². The van der Waals surface area contributed by atoms with Gasteiger partial charge in [0.2, 0.25) is 5.91 Å². The van der Waals surface area contributed by atoms with Crippen LogP contribution in [0.5, 0.6) is 0 Å². The highest BCUT2D eigenvalue weighted by Crippen LogP contribution is 2.31. The molecule has 0 aromatic heterocycles. The number of carbonyl (C=O) groups is 1. The van der Waals surface area contributed by atoms with E-state index in [2.05, 4.69) is 17.1 Å². The quantitative estimate of drug-likeness (QED) is 0.814. The standard InChI is InChI=1S/C15H28N2O/c1-12(9-13-5-3-4-6-13)15(18)17-8-7-14(11-17)10-16-2/h12-14,16H,3-11H2,1-2H3. The Kier molecular flexibility index (Phi) is 5.04. The van der Waals surface area contributed by atoms with Gasteiger partial charge in [0.25, 0.3) is 0 Å². The second-order valence-corrected chi connectivity index (χ2v) is 6.28. The lowest BCUT2D eigenvalue weighted by Crippen LogP contribution is -2.34. The molecule has 0 bridgehead atoms. The molecule has 0 spiro atoms. The molecular formula is C15H28N2O. The van der Waals surface area contributed by atoms with Gasteiger partial charge >= 0.3 is 0 Å². The number of carbonyl (C=O) groups excluding carboxylic acids is 1. The van der Waals surface area contributed by atoms with Crippen LogP contribution in [-0.4, -0.2) is 37.5 Å². The van der Waals surface area contributed by atoms with E-state index in [-0.39, 0.29) is 5.92 Å². The Morgan fingerprint density at radius 2 is 2.00 bits per heavy atom. The number of hydrogen-bond acceptors (Lipinski definition) is 2. The average Bonchev–Trinajstić information content (AvgIpc) is 3.00. The van der Waals surface area contributed by atoms with Gasteiger partial charge in [0, 0.05) is 19.0 Å². The predicted octanol–water partition coefficient (Wildman–Crippen LogP) is 2.27. The lowest BCUT2D eigenvalue weighted by atomic mass is 9.93. The summed E-state index contributed by atoms with van der Waals surface area (Å²) < 4.78 is 0. The van der Waals surface area contributed by atoms with Crippen LogP contribution in [0.15, 0.2) is 0 Å². The van der Waals surface area contributed by atoms with Gasteiger partial charge in [0.05, 0.1) is 0 Å². The van der Waals surface area contributed by atoms with Crippen LogP contribution in [0.4, 0.5) is 0 Å². The normalized spacial score (nSPS) is 26.8. The van der Waals surface area contributed by atoms with Gasteiger partial charge in [-0.2, -0.15) is 0 Å². The minimum atomic E-state index is 0.237. The maximum Gasteiger partial charge on any atom is 0.225 e. The van der Waals surface area contributed by atoms with Crippen molar-refractivity contribution in [3.8, 4) is 0 Å². The molecular weight excluding hydrogens is 224 g/mol. The Labute approximate surface area is 111 Å². The van der Waals surface area contributed by atoms with Crippen LogP contribution in [0.3, 0.4) is 0 Å². The first-order valence-electron chi connectivity index (χ1n) is 7.64. The zero-order chi connectivity index (χ0) is 13.0. The van der Waals surface area contributed by atoms with Crippen LogP contribution < -0.4 is 5.32 Å². The van der Waals surface area contributed by atoms with Gasteiger partial charge in [0.15, 0.2) is 0 Å². The fraction of sp³-hybridized carbons (Fsp3) is 0.933. The van der Waals surface area contributed by atoms with E-state index in [1.165, 1.54) is 32.1 Å². The molecule has 1 aliphatic carbocycles. The van der Waals surface area contributed by atoms with Crippen molar-refractivity contribution in [3.63, 3.8) is 0 Å². The number of likely N-dealkylation sites (tertiary alicyclic amines) is 1. The summed E-state index contributed by atoms with van der Waals surface area (Å²) in [5.41, 5.74) is 0. The van der Waals surface area contributed by atoms with E-state index >= 15 is 0 Å². The third kappa shape index (κ3) is 3.47. The zero-order valence-corrected chi connectivity index (χ0v) is 12.0. The SMILES string of the molecule is CNCC1CCN(C(=O)C(C)CC2CCCC2)C1. The first-order valence-corrected chi connectivity index (χ1v) is 7.64. The number of hydrogen-bond donors (Lipinski definition) is 1. The lowest BCUT2D eigenvalue weighted by molar-refractivity contribution is -0.134. The molecule has 1 saturated heterocycles. The molecule has 18 heavy (non-hydrogen) atoms. The van der Waals surface area contributed by atoms with Crippen LogP contribution in [0.2, 0.25) is 0 Å². The minimum Gasteiger partial charge on any atom is -0.342 e. The fourth-order valence-electron chi connectivity index (χ4n) is 3.65. The van der Waals surface area contributed by atoms with Crippen molar-refractivity contribution >= 4 is 5.91 Å². The number of nitrogens with zero attached hydrogens (tertiary/aromatic N) is 1. The lowest BCUT2D eigenvalue weighted by Gasteiger charge is -2.23. The van der Waals surface area contributed by atoms with Crippen molar-refractivity contribution in [2.75, 3.05) is 26.7 Å². The van der Waals surface area contributed by atoms with Gasteiger partial charge in [-0.25, -0.2) is 0 Å². The van der Waals surface area contributed by atoms with Crippen molar-refractivity contribution in [1.29, 1.82) is 0 Å². The van der Waals surface area contributed by atoms with Crippen LogP contribution in [-0.2, 0) is 4.79 Å². The van der Waals surface area contributed by atoms with Gasteiger partial charge in [-0.3, -0.25) is 4.79 Å². The molecule has 0 aromatic rings. The molecule has 3 heteroatoms. The monoisotopic (exact) mass is 252 g/mol. The number of nitrogens with one attached hydrogen (secondary N) is 1. The second-order valence-electron chi connectivity index (χ2n) is 6.28. The summed E-state index contributed by atoms with van der Waals surface area (Å²) in [4.78, 5) is 14.5. The van der Waals surface area contributed by atoms with Crippen molar-refractivity contribution in [2.45, 2.75) is 45.4 Å². The molecule has 2 atom stereocenters. The van der Waals surface area contributed by atoms with Crippen molar-refractivity contribution in [2.24, 2.45) is 17.8 Å². The molecule has 0 aromatic carbocycles. The maximum atomic E-state index is 12.4. The van der Waals surface area contributed by atoms with E-state index in [4.69, 9.17) is 0 Å². The third-order valence-electron chi connectivity index (χ3n) is 4.67. The molecule has 2 unspecified atom stereocenters. The largest absolute Gasteiger partial charge is 0.342 e. The molecule has 1 amide bonds. The summed E-state index contributed by atoms with van der Waals surface area (Å²) in [6, 6.07) is 0. The van der Waals surface area contributed by atoms with E-state index < -0.39 is 0 Å². The fourth-order valence-corrected chi connectivity index (χ4v) is 3.65. The molecule has 104 valence electrons. The van der Waals surface area contributed by atoms with Gasteiger partial charge < -0.3 is 10.2 Å². The summed E-state index contributed by atoms with van der Waals surface area (Å²) in [5, 5.41) is 3.22. The molecule has 1 N–H and O–H groups in total. The Morgan fingerprint density at radius 3 is 2.67 bits per heavy atom. The van der Waals surface area contributed by atoms with E-state index in [1.807, 2.05) is 7.05 Å². The Hall–Kier alpha value is -0.570. The highest BCUT2D eigenvalue weighted by atomic mass is 16.2. The van der Waals surface area contributed by atoms with Crippen LogP contribution in [0.1, 0.15) is 45.4 Å². The first kappa shape index (κ1) is 13.9. The Balaban J connectivity index is 1.76. The van der Waals surface area contributed by atoms with Crippen LogP contribution in [0.25, 0.3) is 0 Å². The topological polar surface area (TPSA) is 32.3 Å². The Morgan fingerprint density at radius 1 is 1.28 bits per heavy atom. The second kappa shape index (κ2) is 6.55. The van der Waals surface area contributed by atoms with E-state index in [0.717, 1.165) is 32.0 Å². The van der Waals surface area contributed by atoms with Crippen LogP contribution >= 0.6 is 0 Å². The molecule has 1 aliphatic heterocycles. The van der Waals surface area contributed by atoms with Gasteiger partial charge in [0.1, 0.15) is 0 Å². The summed E-state index contributed by atoms with van der Waals surface area (Å²) in [5.74, 6) is 2.12. The van der Waals surface area contributed by atoms with E-state index in [9.17, 15) is 4.79 Å². The molecule has 2 aliphatic rings. The first-order chi connectivity index (χ1) is 8.70. The van der Waals surface area contributed by atoms with Crippen LogP contribution in [0, 0.1) is 17.8 Å². The molecule has 1 saturated carbocycles. The van der Waals surface area contributed by atoms with Crippen molar-refractivity contribution in [1.82, 2.24) is 10.2 Å². The Bertz CT molecular complexity index is 274. The van der Waals surface area contributed by atoms with Crippen molar-refractivity contribution in [3.05, 3.63) is 0 Å².